The number of carbonyl (C=O) groups is 1. The number of furan rings is 1. The van der Waals surface area contributed by atoms with E-state index in [0.29, 0.717) is 18.7 Å². The van der Waals surface area contributed by atoms with Crippen molar-refractivity contribution in [2.24, 2.45) is 0 Å². The van der Waals surface area contributed by atoms with Gasteiger partial charge >= 0.3 is 0 Å². The Labute approximate surface area is 152 Å². The summed E-state index contributed by atoms with van der Waals surface area (Å²) in [6.07, 6.45) is 1.50. The molecular weight excluding hydrogens is 330 g/mol. The fourth-order valence-electron chi connectivity index (χ4n) is 2.59. The van der Waals surface area contributed by atoms with Crippen LogP contribution >= 0.6 is 0 Å². The molecule has 0 fully saturated rings. The average Bonchev–Trinajstić information content (AvgIpc) is 3.15. The van der Waals surface area contributed by atoms with E-state index in [1.807, 2.05) is 54.6 Å². The summed E-state index contributed by atoms with van der Waals surface area (Å²) in [4.78, 5) is 12.4. The third-order valence-corrected chi connectivity index (χ3v) is 3.85. The maximum Gasteiger partial charge on any atom is 0.287 e. The van der Waals surface area contributed by atoms with E-state index in [1.54, 1.807) is 13.2 Å². The van der Waals surface area contributed by atoms with E-state index in [9.17, 15) is 4.79 Å². The summed E-state index contributed by atoms with van der Waals surface area (Å²) in [5, 5.41) is 2.88. The second kappa shape index (κ2) is 8.87. The molecule has 0 atom stereocenters. The van der Waals surface area contributed by atoms with Gasteiger partial charge in [-0.05, 0) is 29.3 Å². The lowest BCUT2D eigenvalue weighted by atomic mass is 10.1. The van der Waals surface area contributed by atoms with Crippen LogP contribution in [0.5, 0.6) is 5.75 Å². The van der Waals surface area contributed by atoms with Crippen molar-refractivity contribution >= 4 is 5.91 Å². The molecule has 3 rings (SSSR count). The molecule has 3 aromatic rings. The van der Waals surface area contributed by atoms with E-state index in [-0.39, 0.29) is 18.3 Å². The Hall–Kier alpha value is -3.05. The van der Waals surface area contributed by atoms with Crippen molar-refractivity contribution in [3.63, 3.8) is 0 Å². The zero-order valence-electron chi connectivity index (χ0n) is 14.6. The normalized spacial score (nSPS) is 10.5. The number of para-hydroxylation sites is 1. The van der Waals surface area contributed by atoms with E-state index in [2.05, 4.69) is 5.32 Å². The number of hydrogen-bond donors (Lipinski definition) is 1. The summed E-state index contributed by atoms with van der Waals surface area (Å²) in [5.41, 5.74) is 2.77. The number of rotatable bonds is 8. The number of benzene rings is 2. The Kier molecular flexibility index (Phi) is 6.06. The molecule has 1 N–H and O–H groups in total. The summed E-state index contributed by atoms with van der Waals surface area (Å²) in [5.74, 6) is 0.753. The lowest BCUT2D eigenvalue weighted by molar-refractivity contribution is 0.0919. The van der Waals surface area contributed by atoms with Gasteiger partial charge in [0.05, 0.1) is 12.9 Å². The van der Waals surface area contributed by atoms with Crippen molar-refractivity contribution < 1.29 is 18.7 Å². The Morgan fingerprint density at radius 2 is 1.81 bits per heavy atom. The summed E-state index contributed by atoms with van der Waals surface area (Å²) in [6, 6.07) is 19.1. The molecule has 1 aromatic heterocycles. The van der Waals surface area contributed by atoms with Crippen LogP contribution in [0.2, 0.25) is 0 Å². The SMILES string of the molecule is COCc1cccc(CNC(=O)c2occc2COc2ccccc2)c1. The van der Waals surface area contributed by atoms with Gasteiger partial charge in [-0.2, -0.15) is 0 Å². The highest BCUT2D eigenvalue weighted by Crippen LogP contribution is 2.16. The summed E-state index contributed by atoms with van der Waals surface area (Å²) >= 11 is 0. The minimum Gasteiger partial charge on any atom is -0.489 e. The van der Waals surface area contributed by atoms with Gasteiger partial charge in [0.25, 0.3) is 5.91 Å². The van der Waals surface area contributed by atoms with Crippen LogP contribution in [-0.2, 0) is 24.5 Å². The van der Waals surface area contributed by atoms with E-state index in [1.165, 1.54) is 6.26 Å². The standard InChI is InChI=1S/C21H21NO4/c1-24-14-17-7-5-6-16(12-17)13-22-21(23)20-18(10-11-25-20)15-26-19-8-3-2-4-9-19/h2-12H,13-15H2,1H3,(H,22,23). The van der Waals surface area contributed by atoms with Crippen LogP contribution in [-0.4, -0.2) is 13.0 Å². The van der Waals surface area contributed by atoms with Gasteiger partial charge in [0, 0.05) is 19.2 Å². The second-order valence-corrected chi connectivity index (χ2v) is 5.81. The zero-order chi connectivity index (χ0) is 18.2. The van der Waals surface area contributed by atoms with Crippen molar-refractivity contribution in [2.75, 3.05) is 7.11 Å². The highest BCUT2D eigenvalue weighted by atomic mass is 16.5. The molecule has 0 aliphatic carbocycles. The maximum atomic E-state index is 12.4. The first-order valence-corrected chi connectivity index (χ1v) is 8.35. The molecule has 134 valence electrons. The Balaban J connectivity index is 1.58. The van der Waals surface area contributed by atoms with Crippen molar-refractivity contribution in [1.29, 1.82) is 0 Å². The fourth-order valence-corrected chi connectivity index (χ4v) is 2.59. The molecule has 0 saturated heterocycles. The molecule has 0 spiro atoms. The average molecular weight is 351 g/mol. The first-order valence-electron chi connectivity index (χ1n) is 8.35. The molecular formula is C21H21NO4. The van der Waals surface area contributed by atoms with Gasteiger partial charge in [-0.3, -0.25) is 4.79 Å². The smallest absolute Gasteiger partial charge is 0.287 e. The zero-order valence-corrected chi connectivity index (χ0v) is 14.6. The van der Waals surface area contributed by atoms with Crippen molar-refractivity contribution in [3.8, 4) is 5.75 Å². The number of hydrogen-bond acceptors (Lipinski definition) is 4. The maximum absolute atomic E-state index is 12.4. The molecule has 0 saturated carbocycles. The van der Waals surface area contributed by atoms with Crippen LogP contribution in [0.3, 0.4) is 0 Å². The van der Waals surface area contributed by atoms with Gasteiger partial charge in [-0.1, -0.05) is 42.5 Å². The quantitative estimate of drug-likeness (QED) is 0.668. The van der Waals surface area contributed by atoms with Gasteiger partial charge in [0.1, 0.15) is 12.4 Å². The second-order valence-electron chi connectivity index (χ2n) is 5.81. The third-order valence-electron chi connectivity index (χ3n) is 3.85. The Morgan fingerprint density at radius 3 is 2.62 bits per heavy atom. The third kappa shape index (κ3) is 4.74. The number of nitrogens with one attached hydrogen (secondary N) is 1. The first-order chi connectivity index (χ1) is 12.8. The van der Waals surface area contributed by atoms with Gasteiger partial charge in [-0.25, -0.2) is 0 Å². The molecule has 5 heteroatoms. The number of ether oxygens (including phenoxy) is 2. The summed E-state index contributed by atoms with van der Waals surface area (Å²) in [7, 11) is 1.66. The highest BCUT2D eigenvalue weighted by Gasteiger charge is 2.15. The monoisotopic (exact) mass is 351 g/mol. The van der Waals surface area contributed by atoms with E-state index < -0.39 is 0 Å². The van der Waals surface area contributed by atoms with Gasteiger partial charge in [-0.15, -0.1) is 0 Å². The minimum absolute atomic E-state index is 0.265. The fraction of sp³-hybridized carbons (Fsp3) is 0.190. The Morgan fingerprint density at radius 1 is 1.00 bits per heavy atom. The first kappa shape index (κ1) is 17.8. The van der Waals surface area contributed by atoms with Gasteiger partial charge in [0.2, 0.25) is 0 Å². The molecule has 1 amide bonds. The molecule has 1 heterocycles. The molecule has 0 bridgehead atoms. The molecule has 0 aliphatic heterocycles. The topological polar surface area (TPSA) is 60.7 Å². The molecule has 0 unspecified atom stereocenters. The molecule has 2 aromatic carbocycles. The van der Waals surface area contributed by atoms with Crippen LogP contribution in [0.25, 0.3) is 0 Å². The predicted octanol–water partition coefficient (Wildman–Crippen LogP) is 3.94. The van der Waals surface area contributed by atoms with Crippen LogP contribution < -0.4 is 10.1 Å². The van der Waals surface area contributed by atoms with Crippen LogP contribution in [0.4, 0.5) is 0 Å². The molecule has 26 heavy (non-hydrogen) atoms. The van der Waals surface area contributed by atoms with E-state index in [4.69, 9.17) is 13.9 Å². The Bertz CT molecular complexity index is 842. The van der Waals surface area contributed by atoms with Crippen LogP contribution in [0.15, 0.2) is 71.3 Å². The number of carbonyl (C=O) groups excluding carboxylic acids is 1. The summed E-state index contributed by atoms with van der Waals surface area (Å²) < 4.78 is 16.2. The van der Waals surface area contributed by atoms with Gasteiger partial charge in [0.15, 0.2) is 5.76 Å². The highest BCUT2D eigenvalue weighted by molar-refractivity contribution is 5.92. The number of amides is 1. The number of methoxy groups -OCH3 is 1. The predicted molar refractivity (Wildman–Crippen MR) is 97.8 cm³/mol. The molecule has 0 radical (unpaired) electrons. The molecule has 0 aliphatic rings. The van der Waals surface area contributed by atoms with E-state index in [0.717, 1.165) is 16.9 Å². The van der Waals surface area contributed by atoms with Crippen LogP contribution in [0.1, 0.15) is 27.2 Å². The van der Waals surface area contributed by atoms with E-state index >= 15 is 0 Å². The van der Waals surface area contributed by atoms with Crippen molar-refractivity contribution in [2.45, 2.75) is 19.8 Å². The lowest BCUT2D eigenvalue weighted by Gasteiger charge is -2.08. The van der Waals surface area contributed by atoms with Crippen LogP contribution in [0, 0.1) is 0 Å². The summed E-state index contributed by atoms with van der Waals surface area (Å²) in [6.45, 7) is 1.23. The molecule has 5 nitrogen and oxygen atoms in total. The largest absolute Gasteiger partial charge is 0.489 e. The van der Waals surface area contributed by atoms with Crippen molar-refractivity contribution in [1.82, 2.24) is 5.32 Å². The van der Waals surface area contributed by atoms with Gasteiger partial charge < -0.3 is 19.2 Å². The minimum atomic E-state index is -0.265. The van der Waals surface area contributed by atoms with Crippen molar-refractivity contribution in [3.05, 3.63) is 89.4 Å². The lowest BCUT2D eigenvalue weighted by Crippen LogP contribution is -2.23.